The Kier molecular flexibility index (Phi) is 3.15. The second-order valence-electron chi connectivity index (χ2n) is 4.74. The summed E-state index contributed by atoms with van der Waals surface area (Å²) in [4.78, 5) is 0. The SMILES string of the molecule is N#Cc1ccc(Cl)cc1NC1CCc2ccccc21. The predicted molar refractivity (Wildman–Crippen MR) is 77.3 cm³/mol. The van der Waals surface area contributed by atoms with E-state index < -0.39 is 0 Å². The highest BCUT2D eigenvalue weighted by Gasteiger charge is 2.22. The van der Waals surface area contributed by atoms with Gasteiger partial charge >= 0.3 is 0 Å². The van der Waals surface area contributed by atoms with Crippen LogP contribution in [0.3, 0.4) is 0 Å². The Balaban J connectivity index is 1.92. The second-order valence-corrected chi connectivity index (χ2v) is 5.17. The first kappa shape index (κ1) is 12.1. The number of hydrogen-bond donors (Lipinski definition) is 1. The molecular formula is C16H13ClN2. The van der Waals surface area contributed by atoms with E-state index in [0.717, 1.165) is 18.5 Å². The summed E-state index contributed by atoms with van der Waals surface area (Å²) in [6.07, 6.45) is 2.13. The van der Waals surface area contributed by atoms with Gasteiger partial charge in [-0.05, 0) is 42.2 Å². The van der Waals surface area contributed by atoms with Gasteiger partial charge in [0.1, 0.15) is 6.07 Å². The van der Waals surface area contributed by atoms with Crippen LogP contribution in [0.1, 0.15) is 29.2 Å². The summed E-state index contributed by atoms with van der Waals surface area (Å²) in [6.45, 7) is 0. The van der Waals surface area contributed by atoms with E-state index in [-0.39, 0.29) is 6.04 Å². The highest BCUT2D eigenvalue weighted by molar-refractivity contribution is 6.30. The number of benzene rings is 2. The van der Waals surface area contributed by atoms with Crippen molar-refractivity contribution in [3.8, 4) is 6.07 Å². The predicted octanol–water partition coefficient (Wildman–Crippen LogP) is 4.31. The van der Waals surface area contributed by atoms with E-state index in [0.29, 0.717) is 10.6 Å². The standard InChI is InChI=1S/C16H13ClN2/c17-13-7-5-12(10-18)16(9-13)19-15-8-6-11-3-1-2-4-14(11)15/h1-5,7,9,15,19H,6,8H2. The third-order valence-electron chi connectivity index (χ3n) is 3.56. The summed E-state index contributed by atoms with van der Waals surface area (Å²) in [7, 11) is 0. The van der Waals surface area contributed by atoms with Gasteiger partial charge in [0, 0.05) is 5.02 Å². The topological polar surface area (TPSA) is 35.8 Å². The van der Waals surface area contributed by atoms with Crippen molar-refractivity contribution in [1.29, 1.82) is 5.26 Å². The van der Waals surface area contributed by atoms with Gasteiger partial charge < -0.3 is 5.32 Å². The van der Waals surface area contributed by atoms with E-state index in [1.807, 2.05) is 6.07 Å². The minimum Gasteiger partial charge on any atom is -0.377 e. The van der Waals surface area contributed by atoms with Crippen LogP contribution >= 0.6 is 11.6 Å². The molecule has 94 valence electrons. The molecule has 3 rings (SSSR count). The molecule has 1 unspecified atom stereocenters. The van der Waals surface area contributed by atoms with Gasteiger partial charge in [0.2, 0.25) is 0 Å². The average Bonchev–Trinajstić information content (AvgIpc) is 2.83. The maximum absolute atomic E-state index is 9.15. The molecule has 1 atom stereocenters. The maximum atomic E-state index is 9.15. The van der Waals surface area contributed by atoms with Crippen LogP contribution < -0.4 is 5.32 Å². The number of nitrogens with one attached hydrogen (secondary N) is 1. The Morgan fingerprint density at radius 3 is 2.89 bits per heavy atom. The molecule has 2 aromatic rings. The van der Waals surface area contributed by atoms with Crippen LogP contribution in [0.15, 0.2) is 42.5 Å². The smallest absolute Gasteiger partial charge is 0.101 e. The van der Waals surface area contributed by atoms with Crippen molar-refractivity contribution in [2.75, 3.05) is 5.32 Å². The summed E-state index contributed by atoms with van der Waals surface area (Å²) in [6, 6.07) is 16.2. The minimum atomic E-state index is 0.266. The number of nitriles is 1. The number of hydrogen-bond acceptors (Lipinski definition) is 2. The summed E-state index contributed by atoms with van der Waals surface area (Å²) in [5.41, 5.74) is 4.16. The highest BCUT2D eigenvalue weighted by Crippen LogP contribution is 2.34. The van der Waals surface area contributed by atoms with E-state index in [9.17, 15) is 0 Å². The van der Waals surface area contributed by atoms with Crippen LogP contribution in [0.2, 0.25) is 5.02 Å². The average molecular weight is 269 g/mol. The Morgan fingerprint density at radius 1 is 1.21 bits per heavy atom. The molecule has 0 amide bonds. The van der Waals surface area contributed by atoms with Crippen LogP contribution in [0.25, 0.3) is 0 Å². The van der Waals surface area contributed by atoms with Crippen molar-refractivity contribution in [3.05, 3.63) is 64.2 Å². The summed E-state index contributed by atoms with van der Waals surface area (Å²) in [5.74, 6) is 0. The molecule has 0 aromatic heterocycles. The van der Waals surface area contributed by atoms with Crippen molar-refractivity contribution in [3.63, 3.8) is 0 Å². The van der Waals surface area contributed by atoms with Crippen LogP contribution in [0.5, 0.6) is 0 Å². The maximum Gasteiger partial charge on any atom is 0.101 e. The van der Waals surface area contributed by atoms with Crippen molar-refractivity contribution < 1.29 is 0 Å². The van der Waals surface area contributed by atoms with Crippen LogP contribution in [-0.4, -0.2) is 0 Å². The van der Waals surface area contributed by atoms with Gasteiger partial charge in [-0.1, -0.05) is 35.9 Å². The first-order valence-electron chi connectivity index (χ1n) is 6.32. The molecule has 0 fully saturated rings. The number of rotatable bonds is 2. The van der Waals surface area contributed by atoms with Gasteiger partial charge in [-0.3, -0.25) is 0 Å². The third kappa shape index (κ3) is 2.30. The number of halogens is 1. The molecule has 0 saturated heterocycles. The van der Waals surface area contributed by atoms with Crippen molar-refractivity contribution in [2.24, 2.45) is 0 Å². The molecule has 3 heteroatoms. The monoisotopic (exact) mass is 268 g/mol. The van der Waals surface area contributed by atoms with Crippen molar-refractivity contribution in [1.82, 2.24) is 0 Å². The lowest BCUT2D eigenvalue weighted by molar-refractivity contribution is 0.762. The van der Waals surface area contributed by atoms with E-state index in [4.69, 9.17) is 16.9 Å². The molecule has 1 aliphatic carbocycles. The summed E-state index contributed by atoms with van der Waals surface area (Å²) in [5, 5.41) is 13.2. The summed E-state index contributed by atoms with van der Waals surface area (Å²) < 4.78 is 0. The molecule has 0 heterocycles. The zero-order chi connectivity index (χ0) is 13.2. The number of aryl methyl sites for hydroxylation is 1. The van der Waals surface area contributed by atoms with E-state index >= 15 is 0 Å². The zero-order valence-corrected chi connectivity index (χ0v) is 11.1. The molecule has 0 saturated carbocycles. The second kappa shape index (κ2) is 4.95. The molecule has 0 aliphatic heterocycles. The molecular weight excluding hydrogens is 256 g/mol. The minimum absolute atomic E-state index is 0.266. The Labute approximate surface area is 117 Å². The fourth-order valence-electron chi connectivity index (χ4n) is 2.63. The van der Waals surface area contributed by atoms with Gasteiger partial charge in [0.05, 0.1) is 17.3 Å². The van der Waals surface area contributed by atoms with Gasteiger partial charge in [-0.15, -0.1) is 0 Å². The lowest BCUT2D eigenvalue weighted by Crippen LogP contribution is -2.08. The number of anilines is 1. The van der Waals surface area contributed by atoms with Gasteiger partial charge in [0.25, 0.3) is 0 Å². The Bertz CT molecular complexity index is 658. The molecule has 1 aliphatic rings. The first-order chi connectivity index (χ1) is 9.28. The van der Waals surface area contributed by atoms with Gasteiger partial charge in [0.15, 0.2) is 0 Å². The molecule has 0 radical (unpaired) electrons. The molecule has 0 bridgehead atoms. The van der Waals surface area contributed by atoms with Crippen LogP contribution in [0.4, 0.5) is 5.69 Å². The quantitative estimate of drug-likeness (QED) is 0.881. The van der Waals surface area contributed by atoms with E-state index in [2.05, 4.69) is 35.7 Å². The molecule has 19 heavy (non-hydrogen) atoms. The van der Waals surface area contributed by atoms with Crippen molar-refractivity contribution in [2.45, 2.75) is 18.9 Å². The molecule has 2 nitrogen and oxygen atoms in total. The number of fused-ring (bicyclic) bond motifs is 1. The van der Waals surface area contributed by atoms with E-state index in [1.54, 1.807) is 12.1 Å². The molecule has 1 N–H and O–H groups in total. The zero-order valence-electron chi connectivity index (χ0n) is 10.4. The Morgan fingerprint density at radius 2 is 2.05 bits per heavy atom. The van der Waals surface area contributed by atoms with Gasteiger partial charge in [-0.2, -0.15) is 5.26 Å². The van der Waals surface area contributed by atoms with Crippen LogP contribution in [-0.2, 0) is 6.42 Å². The van der Waals surface area contributed by atoms with Crippen molar-refractivity contribution >= 4 is 17.3 Å². The lowest BCUT2D eigenvalue weighted by Gasteiger charge is -2.16. The largest absolute Gasteiger partial charge is 0.377 e. The normalized spacial score (nSPS) is 16.7. The molecule has 0 spiro atoms. The number of nitrogens with zero attached hydrogens (tertiary/aromatic N) is 1. The van der Waals surface area contributed by atoms with Gasteiger partial charge in [-0.25, -0.2) is 0 Å². The summed E-state index contributed by atoms with van der Waals surface area (Å²) >= 11 is 6.01. The lowest BCUT2D eigenvalue weighted by atomic mass is 10.1. The first-order valence-corrected chi connectivity index (χ1v) is 6.70. The third-order valence-corrected chi connectivity index (χ3v) is 3.80. The van der Waals surface area contributed by atoms with Crippen LogP contribution in [0, 0.1) is 11.3 Å². The van der Waals surface area contributed by atoms with E-state index in [1.165, 1.54) is 11.1 Å². The Hall–Kier alpha value is -1.98. The fraction of sp³-hybridized carbons (Fsp3) is 0.188. The molecule has 2 aromatic carbocycles. The highest BCUT2D eigenvalue weighted by atomic mass is 35.5. The fourth-order valence-corrected chi connectivity index (χ4v) is 2.80.